The second kappa shape index (κ2) is 6.17. The zero-order valence-electron chi connectivity index (χ0n) is 12.7. The Kier molecular flexibility index (Phi) is 4.07. The number of aromatic nitrogens is 4. The number of ether oxygens (including phenoxy) is 1. The van der Waals surface area contributed by atoms with E-state index in [4.69, 9.17) is 16.2 Å². The van der Waals surface area contributed by atoms with Gasteiger partial charge in [0.05, 0.1) is 23.1 Å². The number of pyridine rings is 1. The van der Waals surface area contributed by atoms with Crippen LogP contribution < -0.4 is 16.2 Å². The Morgan fingerprint density at radius 2 is 1.87 bits per heavy atom. The van der Waals surface area contributed by atoms with Crippen molar-refractivity contribution in [2.24, 2.45) is 0 Å². The van der Waals surface area contributed by atoms with E-state index in [1.165, 1.54) is 17.5 Å². The van der Waals surface area contributed by atoms with Gasteiger partial charge in [0.15, 0.2) is 11.6 Å². The zero-order chi connectivity index (χ0) is 16.4. The van der Waals surface area contributed by atoms with E-state index in [2.05, 4.69) is 33.8 Å². The van der Waals surface area contributed by atoms with Crippen LogP contribution >= 0.6 is 11.3 Å². The van der Waals surface area contributed by atoms with Gasteiger partial charge in [0, 0.05) is 23.2 Å². The molecule has 8 heteroatoms. The molecule has 0 aliphatic rings. The lowest BCUT2D eigenvalue weighted by molar-refractivity contribution is 0.470. The van der Waals surface area contributed by atoms with Crippen LogP contribution in [0.1, 0.15) is 25.3 Å². The van der Waals surface area contributed by atoms with E-state index in [0.29, 0.717) is 11.5 Å². The highest BCUT2D eigenvalue weighted by Crippen LogP contribution is 2.34. The van der Waals surface area contributed by atoms with Crippen LogP contribution in [0.15, 0.2) is 29.4 Å². The summed E-state index contributed by atoms with van der Waals surface area (Å²) in [4.78, 5) is 16.6. The Balaban J connectivity index is 2.03. The largest absolute Gasteiger partial charge is 0.451 e. The fraction of sp³-hybridized carbons (Fsp3) is 0.200. The van der Waals surface area contributed by atoms with E-state index in [-0.39, 0.29) is 17.7 Å². The van der Waals surface area contributed by atoms with Crippen LogP contribution in [0.3, 0.4) is 0 Å². The van der Waals surface area contributed by atoms with Gasteiger partial charge in [-0.1, -0.05) is 13.8 Å². The molecule has 0 atom stereocenters. The average Bonchev–Trinajstić information content (AvgIpc) is 3.04. The molecule has 118 valence electrons. The maximum absolute atomic E-state index is 5.93. The molecule has 0 unspecified atom stereocenters. The van der Waals surface area contributed by atoms with Crippen molar-refractivity contribution in [3.05, 3.63) is 34.9 Å². The van der Waals surface area contributed by atoms with Crippen LogP contribution in [-0.2, 0) is 0 Å². The van der Waals surface area contributed by atoms with E-state index in [1.807, 2.05) is 11.4 Å². The lowest BCUT2D eigenvalue weighted by atomic mass is 10.0. The summed E-state index contributed by atoms with van der Waals surface area (Å²) in [6, 6.07) is 1.85. The number of nitrogens with two attached hydrogens (primary N) is 2. The Morgan fingerprint density at radius 1 is 1.04 bits per heavy atom. The normalized spacial score (nSPS) is 10.9. The van der Waals surface area contributed by atoms with Crippen LogP contribution in [0, 0.1) is 0 Å². The molecule has 0 aromatic carbocycles. The summed E-state index contributed by atoms with van der Waals surface area (Å²) < 4.78 is 5.93. The predicted molar refractivity (Wildman–Crippen MR) is 90.4 cm³/mol. The van der Waals surface area contributed by atoms with E-state index in [9.17, 15) is 0 Å². The summed E-state index contributed by atoms with van der Waals surface area (Å²) >= 11 is 1.51. The van der Waals surface area contributed by atoms with Gasteiger partial charge in [-0.3, -0.25) is 4.98 Å². The molecule has 0 aliphatic carbocycles. The quantitative estimate of drug-likeness (QED) is 0.756. The van der Waals surface area contributed by atoms with Gasteiger partial charge in [-0.15, -0.1) is 11.3 Å². The molecule has 0 radical (unpaired) electrons. The maximum Gasteiger partial charge on any atom is 0.222 e. The summed E-state index contributed by atoms with van der Waals surface area (Å²) in [5, 5.41) is 1.93. The molecular formula is C15H16N6OS. The fourth-order valence-corrected chi connectivity index (χ4v) is 2.59. The first-order valence-electron chi connectivity index (χ1n) is 6.99. The van der Waals surface area contributed by atoms with E-state index in [0.717, 1.165) is 17.0 Å². The zero-order valence-corrected chi connectivity index (χ0v) is 13.5. The van der Waals surface area contributed by atoms with Gasteiger partial charge < -0.3 is 16.2 Å². The molecule has 0 saturated carbocycles. The summed E-state index contributed by atoms with van der Waals surface area (Å²) in [5.74, 6) is 1.54. The molecule has 0 spiro atoms. The number of nitrogen functional groups attached to an aromatic ring is 2. The molecule has 3 aromatic rings. The van der Waals surface area contributed by atoms with E-state index in [1.54, 1.807) is 11.7 Å². The Labute approximate surface area is 137 Å². The van der Waals surface area contributed by atoms with Crippen molar-refractivity contribution in [3.8, 4) is 22.9 Å². The monoisotopic (exact) mass is 328 g/mol. The minimum absolute atomic E-state index is 0.108. The van der Waals surface area contributed by atoms with Crippen molar-refractivity contribution < 1.29 is 4.74 Å². The van der Waals surface area contributed by atoms with Gasteiger partial charge in [-0.2, -0.15) is 4.98 Å². The number of hydrogen-bond acceptors (Lipinski definition) is 8. The third-order valence-corrected chi connectivity index (χ3v) is 3.82. The molecule has 23 heavy (non-hydrogen) atoms. The molecule has 0 saturated heterocycles. The Morgan fingerprint density at radius 3 is 2.52 bits per heavy atom. The molecule has 0 amide bonds. The molecule has 0 fully saturated rings. The number of rotatable bonds is 4. The Hall–Kier alpha value is -2.74. The van der Waals surface area contributed by atoms with Crippen molar-refractivity contribution in [2.45, 2.75) is 19.8 Å². The SMILES string of the molecule is CC(C)c1cnc(-c2cscn2)cc1Oc1cnc(N)nc1N. The highest BCUT2D eigenvalue weighted by atomic mass is 32.1. The Bertz CT molecular complexity index is 819. The maximum atomic E-state index is 5.93. The average molecular weight is 328 g/mol. The van der Waals surface area contributed by atoms with E-state index >= 15 is 0 Å². The van der Waals surface area contributed by atoms with Gasteiger partial charge in [0.25, 0.3) is 0 Å². The predicted octanol–water partition coefficient (Wildman–Crippen LogP) is 3.08. The van der Waals surface area contributed by atoms with Gasteiger partial charge in [-0.25, -0.2) is 9.97 Å². The van der Waals surface area contributed by atoms with Crippen LogP contribution in [0.4, 0.5) is 11.8 Å². The standard InChI is InChI=1S/C15H16N6OS/c1-8(2)9-4-18-10(11-6-23-7-20-11)3-12(9)22-13-5-19-15(17)21-14(13)16/h3-8H,1-2H3,(H4,16,17,19,21). The first-order chi connectivity index (χ1) is 11.0. The van der Waals surface area contributed by atoms with Crippen LogP contribution in [-0.4, -0.2) is 19.9 Å². The fourth-order valence-electron chi connectivity index (χ4n) is 2.04. The minimum Gasteiger partial charge on any atom is -0.451 e. The number of hydrogen-bond donors (Lipinski definition) is 2. The topological polar surface area (TPSA) is 113 Å². The molecule has 7 nitrogen and oxygen atoms in total. The van der Waals surface area contributed by atoms with Crippen molar-refractivity contribution in [3.63, 3.8) is 0 Å². The summed E-state index contributed by atoms with van der Waals surface area (Å²) in [7, 11) is 0. The summed E-state index contributed by atoms with van der Waals surface area (Å²) in [6.45, 7) is 4.13. The molecule has 4 N–H and O–H groups in total. The second-order valence-corrected chi connectivity index (χ2v) is 5.93. The van der Waals surface area contributed by atoms with Crippen molar-refractivity contribution >= 4 is 23.1 Å². The van der Waals surface area contributed by atoms with Crippen LogP contribution in [0.25, 0.3) is 11.4 Å². The number of anilines is 2. The van der Waals surface area contributed by atoms with Crippen molar-refractivity contribution in [1.82, 2.24) is 19.9 Å². The number of thiazole rings is 1. The van der Waals surface area contributed by atoms with Crippen LogP contribution in [0.5, 0.6) is 11.5 Å². The van der Waals surface area contributed by atoms with Gasteiger partial charge in [0.2, 0.25) is 5.95 Å². The highest BCUT2D eigenvalue weighted by molar-refractivity contribution is 7.07. The van der Waals surface area contributed by atoms with Gasteiger partial charge in [0.1, 0.15) is 5.75 Å². The van der Waals surface area contributed by atoms with Crippen LogP contribution in [0.2, 0.25) is 0 Å². The first kappa shape index (κ1) is 15.2. The highest BCUT2D eigenvalue weighted by Gasteiger charge is 2.15. The third kappa shape index (κ3) is 3.21. The lowest BCUT2D eigenvalue weighted by Gasteiger charge is -2.15. The van der Waals surface area contributed by atoms with Crippen molar-refractivity contribution in [2.75, 3.05) is 11.5 Å². The first-order valence-corrected chi connectivity index (χ1v) is 7.93. The lowest BCUT2D eigenvalue weighted by Crippen LogP contribution is -2.03. The number of nitrogens with zero attached hydrogens (tertiary/aromatic N) is 4. The molecule has 0 aliphatic heterocycles. The molecule has 3 heterocycles. The molecule has 3 aromatic heterocycles. The van der Waals surface area contributed by atoms with Crippen molar-refractivity contribution in [1.29, 1.82) is 0 Å². The van der Waals surface area contributed by atoms with E-state index < -0.39 is 0 Å². The molecular weight excluding hydrogens is 312 g/mol. The second-order valence-electron chi connectivity index (χ2n) is 5.22. The van der Waals surface area contributed by atoms with Gasteiger partial charge in [-0.05, 0) is 5.92 Å². The van der Waals surface area contributed by atoms with Gasteiger partial charge >= 0.3 is 0 Å². The smallest absolute Gasteiger partial charge is 0.222 e. The minimum atomic E-state index is 0.108. The molecule has 3 rings (SSSR count). The third-order valence-electron chi connectivity index (χ3n) is 3.23. The summed E-state index contributed by atoms with van der Waals surface area (Å²) in [5.41, 5.74) is 15.6. The molecule has 0 bridgehead atoms. The summed E-state index contributed by atoms with van der Waals surface area (Å²) in [6.07, 6.45) is 3.26.